The molecule has 1 rings (SSSR count). The molecule has 1 aromatic rings. The van der Waals surface area contributed by atoms with Gasteiger partial charge in [0, 0.05) is 20.2 Å². The number of hydrogen-bond acceptors (Lipinski definition) is 4. The Morgan fingerprint density at radius 1 is 1.41 bits per heavy atom. The third-order valence-corrected chi connectivity index (χ3v) is 2.89. The van der Waals surface area contributed by atoms with Gasteiger partial charge in [-0.2, -0.15) is 0 Å². The maximum atomic E-state index is 11.6. The summed E-state index contributed by atoms with van der Waals surface area (Å²) >= 11 is 0. The number of carbonyl (C=O) groups is 1. The van der Waals surface area contributed by atoms with E-state index in [0.29, 0.717) is 25.7 Å². The molecule has 0 aliphatic heterocycles. The van der Waals surface area contributed by atoms with E-state index >= 15 is 0 Å². The second-order valence-corrected chi connectivity index (χ2v) is 4.85. The van der Waals surface area contributed by atoms with Crippen LogP contribution in [0.1, 0.15) is 31.4 Å². The Kier molecular flexibility index (Phi) is 8.06. The van der Waals surface area contributed by atoms with Crippen molar-refractivity contribution >= 4 is 11.9 Å². The summed E-state index contributed by atoms with van der Waals surface area (Å²) in [5.74, 6) is 2.12. The Balaban J connectivity index is 2.52. The molecule has 0 saturated carbocycles. The lowest BCUT2D eigenvalue weighted by Gasteiger charge is -2.16. The quantitative estimate of drug-likeness (QED) is 0.378. The maximum absolute atomic E-state index is 11.6. The van der Waals surface area contributed by atoms with Crippen LogP contribution >= 0.6 is 0 Å². The molecule has 0 bridgehead atoms. The lowest BCUT2D eigenvalue weighted by molar-refractivity contribution is -0.119. The van der Waals surface area contributed by atoms with Gasteiger partial charge in [0.05, 0.1) is 12.6 Å². The van der Waals surface area contributed by atoms with Crippen molar-refractivity contribution in [2.45, 2.75) is 26.8 Å². The van der Waals surface area contributed by atoms with Gasteiger partial charge in [0.25, 0.3) is 0 Å². The molecule has 22 heavy (non-hydrogen) atoms. The number of aliphatic imine (C=N–C) groups is 1. The van der Waals surface area contributed by atoms with Gasteiger partial charge in [-0.15, -0.1) is 0 Å². The van der Waals surface area contributed by atoms with Crippen molar-refractivity contribution in [2.24, 2.45) is 4.99 Å². The fourth-order valence-electron chi connectivity index (χ4n) is 1.78. The van der Waals surface area contributed by atoms with E-state index in [1.807, 2.05) is 32.9 Å². The molecule has 1 atom stereocenters. The van der Waals surface area contributed by atoms with Gasteiger partial charge in [0.1, 0.15) is 18.1 Å². The highest BCUT2D eigenvalue weighted by molar-refractivity contribution is 5.85. The first-order chi connectivity index (χ1) is 10.6. The van der Waals surface area contributed by atoms with Gasteiger partial charge in [0.2, 0.25) is 5.91 Å². The zero-order valence-corrected chi connectivity index (χ0v) is 13.7. The number of rotatable bonds is 8. The monoisotopic (exact) mass is 310 g/mol. The van der Waals surface area contributed by atoms with Gasteiger partial charge in [-0.1, -0.05) is 0 Å². The van der Waals surface area contributed by atoms with Crippen molar-refractivity contribution in [1.29, 1.82) is 0 Å². The van der Waals surface area contributed by atoms with Crippen LogP contribution < -0.4 is 16.0 Å². The van der Waals surface area contributed by atoms with Crippen molar-refractivity contribution in [3.63, 3.8) is 0 Å². The molecule has 7 heteroatoms. The molecule has 1 amide bonds. The number of carbonyl (C=O) groups excluding carboxylic acids is 1. The Morgan fingerprint density at radius 2 is 2.18 bits per heavy atom. The van der Waals surface area contributed by atoms with Gasteiger partial charge in [-0.3, -0.25) is 4.79 Å². The van der Waals surface area contributed by atoms with Gasteiger partial charge >= 0.3 is 0 Å². The minimum atomic E-state index is -0.143. The summed E-state index contributed by atoms with van der Waals surface area (Å²) in [4.78, 5) is 15.9. The van der Waals surface area contributed by atoms with E-state index in [1.54, 1.807) is 7.11 Å². The molecule has 0 aromatic carbocycles. The Hall–Kier alpha value is -2.02. The van der Waals surface area contributed by atoms with E-state index in [1.165, 1.54) is 0 Å². The number of guanidine groups is 1. The number of methoxy groups -OCH3 is 1. The molecule has 7 nitrogen and oxygen atoms in total. The van der Waals surface area contributed by atoms with Gasteiger partial charge in [-0.25, -0.2) is 4.99 Å². The standard InChI is InChI=1S/C15H26N4O3/c1-5-16-15(18-10-14(20)17-8-9-21-4)19-12(3)13-7-6-11(2)22-13/h6-7,12H,5,8-10H2,1-4H3,(H,17,20)(H2,16,18,19). The van der Waals surface area contributed by atoms with Crippen LogP contribution in [-0.4, -0.2) is 45.2 Å². The van der Waals surface area contributed by atoms with Gasteiger partial charge in [-0.05, 0) is 32.9 Å². The predicted molar refractivity (Wildman–Crippen MR) is 85.9 cm³/mol. The third kappa shape index (κ3) is 6.62. The van der Waals surface area contributed by atoms with Crippen molar-refractivity contribution < 1.29 is 13.9 Å². The number of hydrogen-bond donors (Lipinski definition) is 3. The molecule has 0 aliphatic carbocycles. The summed E-state index contributed by atoms with van der Waals surface area (Å²) < 4.78 is 10.5. The van der Waals surface area contributed by atoms with Crippen LogP contribution in [0, 0.1) is 6.92 Å². The fraction of sp³-hybridized carbons (Fsp3) is 0.600. The zero-order valence-electron chi connectivity index (χ0n) is 13.7. The average molecular weight is 310 g/mol. The molecule has 0 radical (unpaired) electrons. The van der Waals surface area contributed by atoms with Crippen molar-refractivity contribution in [3.8, 4) is 0 Å². The number of ether oxygens (including phenoxy) is 1. The van der Waals surface area contributed by atoms with E-state index in [9.17, 15) is 4.79 Å². The number of nitrogens with one attached hydrogen (secondary N) is 3. The largest absolute Gasteiger partial charge is 0.464 e. The first-order valence-corrected chi connectivity index (χ1v) is 7.43. The van der Waals surface area contributed by atoms with Crippen molar-refractivity contribution in [1.82, 2.24) is 16.0 Å². The van der Waals surface area contributed by atoms with Crippen LogP contribution in [0.5, 0.6) is 0 Å². The van der Waals surface area contributed by atoms with Crippen LogP contribution in [0.2, 0.25) is 0 Å². The molecule has 0 spiro atoms. The van der Waals surface area contributed by atoms with Gasteiger partial charge in [0.15, 0.2) is 5.96 Å². The molecule has 1 heterocycles. The third-order valence-electron chi connectivity index (χ3n) is 2.89. The summed E-state index contributed by atoms with van der Waals surface area (Å²) in [5.41, 5.74) is 0. The Bertz CT molecular complexity index is 485. The molecule has 1 unspecified atom stereocenters. The lowest BCUT2D eigenvalue weighted by Crippen LogP contribution is -2.39. The van der Waals surface area contributed by atoms with E-state index in [2.05, 4.69) is 20.9 Å². The first kappa shape index (κ1) is 18.0. The number of furan rings is 1. The zero-order chi connectivity index (χ0) is 16.4. The molecule has 1 aromatic heterocycles. The fourth-order valence-corrected chi connectivity index (χ4v) is 1.78. The smallest absolute Gasteiger partial charge is 0.241 e. The first-order valence-electron chi connectivity index (χ1n) is 7.43. The van der Waals surface area contributed by atoms with Crippen molar-refractivity contribution in [2.75, 3.05) is 33.4 Å². The average Bonchev–Trinajstić information content (AvgIpc) is 2.92. The summed E-state index contributed by atoms with van der Waals surface area (Å²) in [6.07, 6.45) is 0. The molecule has 3 N–H and O–H groups in total. The summed E-state index contributed by atoms with van der Waals surface area (Å²) in [5, 5.41) is 9.04. The topological polar surface area (TPSA) is 87.9 Å². The summed E-state index contributed by atoms with van der Waals surface area (Å²) in [7, 11) is 1.59. The SMILES string of the molecule is CCNC(=NCC(=O)NCCOC)NC(C)c1ccc(C)o1. The molecule has 124 valence electrons. The molecular formula is C15H26N4O3. The van der Waals surface area contributed by atoms with Crippen LogP contribution in [0.4, 0.5) is 0 Å². The molecule has 0 aliphatic rings. The number of amides is 1. The predicted octanol–water partition coefficient (Wildman–Crippen LogP) is 0.967. The summed E-state index contributed by atoms with van der Waals surface area (Å²) in [6.45, 7) is 7.59. The van der Waals surface area contributed by atoms with Gasteiger partial charge < -0.3 is 25.1 Å². The number of aryl methyl sites for hydroxylation is 1. The maximum Gasteiger partial charge on any atom is 0.241 e. The highest BCUT2D eigenvalue weighted by atomic mass is 16.5. The molecular weight excluding hydrogens is 284 g/mol. The van der Waals surface area contributed by atoms with Crippen LogP contribution in [-0.2, 0) is 9.53 Å². The van der Waals surface area contributed by atoms with E-state index in [0.717, 1.165) is 11.5 Å². The minimum absolute atomic E-state index is 0.0388. The van der Waals surface area contributed by atoms with E-state index in [-0.39, 0.29) is 18.5 Å². The number of nitrogens with zero attached hydrogens (tertiary/aromatic N) is 1. The lowest BCUT2D eigenvalue weighted by atomic mass is 10.2. The normalized spacial score (nSPS) is 12.8. The Labute approximate surface area is 131 Å². The highest BCUT2D eigenvalue weighted by Gasteiger charge is 2.11. The van der Waals surface area contributed by atoms with Crippen LogP contribution in [0.3, 0.4) is 0 Å². The van der Waals surface area contributed by atoms with Crippen molar-refractivity contribution in [3.05, 3.63) is 23.7 Å². The second-order valence-electron chi connectivity index (χ2n) is 4.85. The second kappa shape index (κ2) is 9.83. The van der Waals surface area contributed by atoms with E-state index < -0.39 is 0 Å². The highest BCUT2D eigenvalue weighted by Crippen LogP contribution is 2.15. The summed E-state index contributed by atoms with van der Waals surface area (Å²) in [6, 6.07) is 3.80. The van der Waals surface area contributed by atoms with E-state index in [4.69, 9.17) is 9.15 Å². The minimum Gasteiger partial charge on any atom is -0.464 e. The van der Waals surface area contributed by atoms with Crippen LogP contribution in [0.25, 0.3) is 0 Å². The Morgan fingerprint density at radius 3 is 2.77 bits per heavy atom. The molecule has 0 saturated heterocycles. The molecule has 0 fully saturated rings. The van der Waals surface area contributed by atoms with Crippen LogP contribution in [0.15, 0.2) is 21.5 Å².